The van der Waals surface area contributed by atoms with E-state index in [1.54, 1.807) is 7.11 Å². The molecule has 1 N–H and O–H groups in total. The van der Waals surface area contributed by atoms with Crippen molar-refractivity contribution < 1.29 is 14.3 Å². The minimum atomic E-state index is -0.611. The molecular formula is C18H23NO3. The van der Waals surface area contributed by atoms with Gasteiger partial charge in [-0.25, -0.2) is 0 Å². The van der Waals surface area contributed by atoms with E-state index < -0.39 is 5.41 Å². The first-order chi connectivity index (χ1) is 10.3. The molecule has 1 aromatic carbocycles. The molecule has 0 aliphatic heterocycles. The van der Waals surface area contributed by atoms with Crippen molar-refractivity contribution in [3.8, 4) is 5.75 Å². The van der Waals surface area contributed by atoms with Crippen LogP contribution in [-0.4, -0.2) is 18.8 Å². The van der Waals surface area contributed by atoms with Gasteiger partial charge in [-0.1, -0.05) is 32.9 Å². The summed E-state index contributed by atoms with van der Waals surface area (Å²) in [6.07, 6.45) is 1.90. The maximum Gasteiger partial charge on any atom is 0.231 e. The summed E-state index contributed by atoms with van der Waals surface area (Å²) in [7, 11) is 1.58. The fraction of sp³-hybridized carbons (Fsp3) is 0.556. The van der Waals surface area contributed by atoms with Crippen LogP contribution in [0, 0.1) is 16.2 Å². The molecule has 1 amide bonds. The Morgan fingerprint density at radius 2 is 1.86 bits per heavy atom. The van der Waals surface area contributed by atoms with Crippen molar-refractivity contribution in [2.24, 2.45) is 16.2 Å². The van der Waals surface area contributed by atoms with E-state index in [2.05, 4.69) is 19.2 Å². The molecule has 2 atom stereocenters. The van der Waals surface area contributed by atoms with Crippen LogP contribution in [-0.2, 0) is 9.59 Å². The predicted octanol–water partition coefficient (Wildman–Crippen LogP) is 3.42. The molecule has 0 heterocycles. The van der Waals surface area contributed by atoms with Crippen LogP contribution >= 0.6 is 0 Å². The molecule has 2 aliphatic carbocycles. The highest BCUT2D eigenvalue weighted by Gasteiger charge is 2.72. The molecule has 4 nitrogen and oxygen atoms in total. The number of para-hydroxylation sites is 2. The molecule has 2 bridgehead atoms. The largest absolute Gasteiger partial charge is 0.495 e. The Balaban J connectivity index is 1.95. The van der Waals surface area contributed by atoms with Gasteiger partial charge in [-0.2, -0.15) is 0 Å². The Morgan fingerprint density at radius 1 is 1.18 bits per heavy atom. The minimum absolute atomic E-state index is 0.0587. The van der Waals surface area contributed by atoms with Crippen LogP contribution in [0.1, 0.15) is 40.0 Å². The lowest BCUT2D eigenvalue weighted by molar-refractivity contribution is -0.131. The van der Waals surface area contributed by atoms with E-state index in [0.717, 1.165) is 12.8 Å². The Hall–Kier alpha value is -1.84. The van der Waals surface area contributed by atoms with Crippen molar-refractivity contribution in [3.05, 3.63) is 24.3 Å². The first-order valence-corrected chi connectivity index (χ1v) is 7.76. The molecule has 0 spiro atoms. The maximum atomic E-state index is 13.0. The minimum Gasteiger partial charge on any atom is -0.495 e. The molecule has 0 unspecified atom stereocenters. The van der Waals surface area contributed by atoms with Crippen molar-refractivity contribution >= 4 is 17.4 Å². The van der Waals surface area contributed by atoms with Crippen LogP contribution in [0.5, 0.6) is 5.75 Å². The van der Waals surface area contributed by atoms with E-state index >= 15 is 0 Å². The number of Topliss-reactive ketones (excluding diaryl/α,β-unsaturated/α-hetero) is 1. The highest BCUT2D eigenvalue weighted by atomic mass is 16.5. The lowest BCUT2D eigenvalue weighted by Crippen LogP contribution is -2.43. The molecule has 0 saturated heterocycles. The molecule has 3 rings (SSSR count). The zero-order valence-corrected chi connectivity index (χ0v) is 13.7. The van der Waals surface area contributed by atoms with Gasteiger partial charge in [0.25, 0.3) is 0 Å². The standard InChI is InChI=1S/C18H23NO3/c1-16(2)17(3)9-10-18(16,11-14(17)20)15(21)19-12-7-5-6-8-13(12)22-4/h5-8H,9-11H2,1-4H3,(H,19,21)/t17-,18-/m1/s1. The van der Waals surface area contributed by atoms with Gasteiger partial charge in [0, 0.05) is 11.8 Å². The SMILES string of the molecule is COc1ccccc1NC(=O)[C@@]12CC[C@](C)(C(=O)C1)C2(C)C. The van der Waals surface area contributed by atoms with Gasteiger partial charge in [0.1, 0.15) is 11.5 Å². The second-order valence-electron chi connectivity index (χ2n) is 7.29. The Kier molecular flexibility index (Phi) is 3.13. The zero-order chi connectivity index (χ0) is 16.2. The number of anilines is 1. The first-order valence-electron chi connectivity index (χ1n) is 7.76. The normalized spacial score (nSPS) is 32.1. The summed E-state index contributed by atoms with van der Waals surface area (Å²) in [5, 5.41) is 3.00. The van der Waals surface area contributed by atoms with Crippen molar-refractivity contribution in [1.82, 2.24) is 0 Å². The van der Waals surface area contributed by atoms with E-state index in [4.69, 9.17) is 4.74 Å². The predicted molar refractivity (Wildman–Crippen MR) is 84.8 cm³/mol. The summed E-state index contributed by atoms with van der Waals surface area (Å²) in [5.74, 6) is 0.797. The van der Waals surface area contributed by atoms with Gasteiger partial charge < -0.3 is 10.1 Å². The van der Waals surface area contributed by atoms with Gasteiger partial charge in [0.05, 0.1) is 18.2 Å². The third kappa shape index (κ3) is 1.64. The smallest absolute Gasteiger partial charge is 0.231 e. The lowest BCUT2D eigenvalue weighted by atomic mass is 9.64. The summed E-state index contributed by atoms with van der Waals surface area (Å²) in [5.41, 5.74) is -0.665. The van der Waals surface area contributed by atoms with Gasteiger partial charge in [-0.05, 0) is 30.4 Å². The number of ether oxygens (including phenoxy) is 1. The van der Waals surface area contributed by atoms with Crippen molar-refractivity contribution in [1.29, 1.82) is 0 Å². The van der Waals surface area contributed by atoms with Gasteiger partial charge in [0.15, 0.2) is 0 Å². The highest BCUT2D eigenvalue weighted by molar-refractivity contribution is 6.05. The van der Waals surface area contributed by atoms with Gasteiger partial charge in [-0.3, -0.25) is 9.59 Å². The fourth-order valence-corrected chi connectivity index (χ4v) is 4.35. The summed E-state index contributed by atoms with van der Waals surface area (Å²) in [6, 6.07) is 7.37. The molecular weight excluding hydrogens is 278 g/mol. The van der Waals surface area contributed by atoms with Gasteiger partial charge >= 0.3 is 0 Å². The summed E-state index contributed by atoms with van der Waals surface area (Å²) < 4.78 is 5.30. The zero-order valence-electron chi connectivity index (χ0n) is 13.7. The monoisotopic (exact) mass is 301 g/mol. The highest BCUT2D eigenvalue weighted by Crippen LogP contribution is 2.70. The van der Waals surface area contributed by atoms with Crippen LogP contribution in [0.3, 0.4) is 0 Å². The van der Waals surface area contributed by atoms with E-state index in [-0.39, 0.29) is 22.5 Å². The van der Waals surface area contributed by atoms with Gasteiger partial charge in [0.2, 0.25) is 5.91 Å². The average Bonchev–Trinajstić information content (AvgIpc) is 2.78. The molecule has 22 heavy (non-hydrogen) atoms. The van der Waals surface area contributed by atoms with Crippen LogP contribution in [0.4, 0.5) is 5.69 Å². The number of amides is 1. The molecule has 4 heteroatoms. The molecule has 2 aliphatic rings. The molecule has 118 valence electrons. The molecule has 2 saturated carbocycles. The fourth-order valence-electron chi connectivity index (χ4n) is 4.35. The van der Waals surface area contributed by atoms with E-state index in [1.807, 2.05) is 31.2 Å². The quantitative estimate of drug-likeness (QED) is 0.930. The third-order valence-corrected chi connectivity index (χ3v) is 6.50. The van der Waals surface area contributed by atoms with E-state index in [9.17, 15) is 9.59 Å². The van der Waals surface area contributed by atoms with Crippen LogP contribution in [0.2, 0.25) is 0 Å². The number of benzene rings is 1. The number of nitrogens with one attached hydrogen (secondary N) is 1. The second kappa shape index (κ2) is 4.58. The number of hydrogen-bond donors (Lipinski definition) is 1. The van der Waals surface area contributed by atoms with Crippen molar-refractivity contribution in [2.75, 3.05) is 12.4 Å². The molecule has 1 aromatic rings. The maximum absolute atomic E-state index is 13.0. The van der Waals surface area contributed by atoms with Crippen molar-refractivity contribution in [3.63, 3.8) is 0 Å². The van der Waals surface area contributed by atoms with Crippen LogP contribution in [0.25, 0.3) is 0 Å². The summed E-state index contributed by atoms with van der Waals surface area (Å²) in [4.78, 5) is 25.5. The summed E-state index contributed by atoms with van der Waals surface area (Å²) >= 11 is 0. The third-order valence-electron chi connectivity index (χ3n) is 6.50. The molecule has 0 aromatic heterocycles. The topological polar surface area (TPSA) is 55.4 Å². The lowest BCUT2D eigenvalue weighted by Gasteiger charge is -2.38. The van der Waals surface area contributed by atoms with Crippen LogP contribution in [0.15, 0.2) is 24.3 Å². The molecule has 2 fully saturated rings. The Morgan fingerprint density at radius 3 is 2.41 bits per heavy atom. The number of carbonyl (C=O) groups is 2. The van der Waals surface area contributed by atoms with Crippen LogP contribution < -0.4 is 10.1 Å². The number of fused-ring (bicyclic) bond motifs is 2. The second-order valence-corrected chi connectivity index (χ2v) is 7.29. The first kappa shape index (κ1) is 15.1. The Bertz CT molecular complexity index is 651. The number of rotatable bonds is 3. The number of ketones is 1. The molecule has 0 radical (unpaired) electrons. The number of hydrogen-bond acceptors (Lipinski definition) is 3. The average molecular weight is 301 g/mol. The number of methoxy groups -OCH3 is 1. The van der Waals surface area contributed by atoms with Gasteiger partial charge in [-0.15, -0.1) is 0 Å². The van der Waals surface area contributed by atoms with Crippen molar-refractivity contribution in [2.45, 2.75) is 40.0 Å². The van der Waals surface area contributed by atoms with E-state index in [1.165, 1.54) is 0 Å². The number of carbonyl (C=O) groups excluding carboxylic acids is 2. The van der Waals surface area contributed by atoms with E-state index in [0.29, 0.717) is 17.9 Å². The Labute approximate surface area is 131 Å². The summed E-state index contributed by atoms with van der Waals surface area (Å²) in [6.45, 7) is 6.14.